The number of pyridine rings is 1. The van der Waals surface area contributed by atoms with Gasteiger partial charge in [0.1, 0.15) is 5.76 Å². The standard InChI is InChI=1S/C18H14ClN3O3/c19-14-3-1-4-15(8-14)22-18(24)13-7-12(9-20-10-13)17(23)21-11-16-5-2-6-25-16/h1-10H,11H2,(H,21,23)(H,22,24). The number of nitrogens with one attached hydrogen (secondary N) is 2. The van der Waals surface area contributed by atoms with Crippen LogP contribution >= 0.6 is 11.6 Å². The van der Waals surface area contributed by atoms with Crippen LogP contribution in [0.25, 0.3) is 0 Å². The number of benzene rings is 1. The molecule has 0 spiro atoms. The lowest BCUT2D eigenvalue weighted by Crippen LogP contribution is -2.23. The summed E-state index contributed by atoms with van der Waals surface area (Å²) >= 11 is 5.89. The van der Waals surface area contributed by atoms with E-state index in [-0.39, 0.29) is 29.5 Å². The molecule has 0 unspecified atom stereocenters. The highest BCUT2D eigenvalue weighted by atomic mass is 35.5. The van der Waals surface area contributed by atoms with Gasteiger partial charge in [0.15, 0.2) is 0 Å². The lowest BCUT2D eigenvalue weighted by atomic mass is 10.2. The zero-order valence-electron chi connectivity index (χ0n) is 13.0. The number of furan rings is 1. The molecule has 0 saturated heterocycles. The van der Waals surface area contributed by atoms with E-state index in [1.165, 1.54) is 24.7 Å². The predicted octanol–water partition coefficient (Wildman–Crippen LogP) is 3.51. The zero-order valence-corrected chi connectivity index (χ0v) is 13.8. The van der Waals surface area contributed by atoms with Crippen molar-refractivity contribution in [3.05, 3.63) is 83.0 Å². The number of hydrogen-bond acceptors (Lipinski definition) is 4. The second-order valence-corrected chi connectivity index (χ2v) is 5.63. The van der Waals surface area contributed by atoms with Crippen molar-refractivity contribution in [2.24, 2.45) is 0 Å². The summed E-state index contributed by atoms with van der Waals surface area (Å²) in [6.07, 6.45) is 4.32. The van der Waals surface area contributed by atoms with Crippen molar-refractivity contribution in [2.45, 2.75) is 6.54 Å². The van der Waals surface area contributed by atoms with E-state index in [0.717, 1.165) is 0 Å². The van der Waals surface area contributed by atoms with Crippen molar-refractivity contribution < 1.29 is 14.0 Å². The molecule has 0 aliphatic carbocycles. The Morgan fingerprint density at radius 2 is 1.84 bits per heavy atom. The third-order valence-corrected chi connectivity index (χ3v) is 3.58. The van der Waals surface area contributed by atoms with Gasteiger partial charge >= 0.3 is 0 Å². The number of hydrogen-bond donors (Lipinski definition) is 2. The van der Waals surface area contributed by atoms with Crippen LogP contribution in [0.4, 0.5) is 5.69 Å². The zero-order chi connectivity index (χ0) is 17.6. The maximum absolute atomic E-state index is 12.3. The van der Waals surface area contributed by atoms with E-state index in [1.54, 1.807) is 36.4 Å². The lowest BCUT2D eigenvalue weighted by Gasteiger charge is -2.07. The molecule has 0 saturated carbocycles. The molecule has 2 heterocycles. The average molecular weight is 356 g/mol. The van der Waals surface area contributed by atoms with Crippen molar-refractivity contribution in [3.8, 4) is 0 Å². The Morgan fingerprint density at radius 3 is 2.56 bits per heavy atom. The van der Waals surface area contributed by atoms with Crippen LogP contribution in [0.2, 0.25) is 5.02 Å². The molecule has 25 heavy (non-hydrogen) atoms. The van der Waals surface area contributed by atoms with Crippen molar-refractivity contribution in [1.29, 1.82) is 0 Å². The second-order valence-electron chi connectivity index (χ2n) is 5.19. The van der Waals surface area contributed by atoms with Crippen LogP contribution < -0.4 is 10.6 Å². The number of rotatable bonds is 5. The molecule has 2 aromatic heterocycles. The van der Waals surface area contributed by atoms with E-state index in [0.29, 0.717) is 16.5 Å². The molecule has 126 valence electrons. The highest BCUT2D eigenvalue weighted by molar-refractivity contribution is 6.31. The van der Waals surface area contributed by atoms with E-state index < -0.39 is 0 Å². The lowest BCUT2D eigenvalue weighted by molar-refractivity contribution is 0.0947. The molecule has 3 rings (SSSR count). The van der Waals surface area contributed by atoms with Crippen molar-refractivity contribution >= 4 is 29.1 Å². The van der Waals surface area contributed by atoms with Crippen LogP contribution in [0.5, 0.6) is 0 Å². The first-order valence-electron chi connectivity index (χ1n) is 7.44. The first-order chi connectivity index (χ1) is 12.1. The topological polar surface area (TPSA) is 84.2 Å². The molecule has 0 atom stereocenters. The monoisotopic (exact) mass is 355 g/mol. The quantitative estimate of drug-likeness (QED) is 0.733. The van der Waals surface area contributed by atoms with Gasteiger partial charge in [-0.1, -0.05) is 17.7 Å². The molecule has 0 radical (unpaired) electrons. The molecular formula is C18H14ClN3O3. The number of carbonyl (C=O) groups excluding carboxylic acids is 2. The summed E-state index contributed by atoms with van der Waals surface area (Å²) in [5, 5.41) is 5.93. The Balaban J connectivity index is 1.67. The van der Waals surface area contributed by atoms with E-state index in [4.69, 9.17) is 16.0 Å². The number of anilines is 1. The highest BCUT2D eigenvalue weighted by Gasteiger charge is 2.12. The first-order valence-corrected chi connectivity index (χ1v) is 7.82. The summed E-state index contributed by atoms with van der Waals surface area (Å²) in [4.78, 5) is 28.4. The van der Waals surface area contributed by atoms with Gasteiger partial charge < -0.3 is 15.1 Å². The van der Waals surface area contributed by atoms with Gasteiger partial charge in [-0.05, 0) is 36.4 Å². The van der Waals surface area contributed by atoms with E-state index in [1.807, 2.05) is 0 Å². The molecule has 0 bridgehead atoms. The maximum atomic E-state index is 12.3. The molecule has 2 N–H and O–H groups in total. The van der Waals surface area contributed by atoms with Gasteiger partial charge in [-0.3, -0.25) is 14.6 Å². The molecule has 1 aromatic carbocycles. The summed E-state index contributed by atoms with van der Waals surface area (Å²) < 4.78 is 5.15. The van der Waals surface area contributed by atoms with Crippen molar-refractivity contribution in [3.63, 3.8) is 0 Å². The molecule has 2 amide bonds. The molecule has 7 heteroatoms. The number of nitrogens with zero attached hydrogens (tertiary/aromatic N) is 1. The third-order valence-electron chi connectivity index (χ3n) is 3.35. The van der Waals surface area contributed by atoms with Gasteiger partial charge in [-0.2, -0.15) is 0 Å². The van der Waals surface area contributed by atoms with Crippen LogP contribution in [0.1, 0.15) is 26.5 Å². The van der Waals surface area contributed by atoms with Gasteiger partial charge in [0, 0.05) is 23.1 Å². The summed E-state index contributed by atoms with van der Waals surface area (Å²) in [7, 11) is 0. The fourth-order valence-electron chi connectivity index (χ4n) is 2.14. The Bertz CT molecular complexity index is 894. The normalized spacial score (nSPS) is 10.3. The van der Waals surface area contributed by atoms with Crippen LogP contribution in [0.3, 0.4) is 0 Å². The van der Waals surface area contributed by atoms with Crippen LogP contribution in [0.15, 0.2) is 65.5 Å². The van der Waals surface area contributed by atoms with Crippen LogP contribution in [0, 0.1) is 0 Å². The summed E-state index contributed by atoms with van der Waals surface area (Å²) in [6, 6.07) is 11.8. The highest BCUT2D eigenvalue weighted by Crippen LogP contribution is 2.16. The maximum Gasteiger partial charge on any atom is 0.257 e. The SMILES string of the molecule is O=C(NCc1ccco1)c1cncc(C(=O)Nc2cccc(Cl)c2)c1. The molecule has 0 aliphatic rings. The van der Waals surface area contributed by atoms with Gasteiger partial charge in [-0.25, -0.2) is 0 Å². The largest absolute Gasteiger partial charge is 0.467 e. The Labute approximate surface area is 148 Å². The fraction of sp³-hybridized carbons (Fsp3) is 0.0556. The van der Waals surface area contributed by atoms with Gasteiger partial charge in [0.25, 0.3) is 11.8 Å². The molecular weight excluding hydrogens is 342 g/mol. The third kappa shape index (κ3) is 4.45. The average Bonchev–Trinajstić information content (AvgIpc) is 3.13. The fourth-order valence-corrected chi connectivity index (χ4v) is 2.33. The van der Waals surface area contributed by atoms with Gasteiger partial charge in [0.2, 0.25) is 0 Å². The van der Waals surface area contributed by atoms with E-state index in [9.17, 15) is 9.59 Å². The first kappa shape index (κ1) is 16.7. The molecule has 0 fully saturated rings. The molecule has 3 aromatic rings. The number of amides is 2. The van der Waals surface area contributed by atoms with Crippen molar-refractivity contribution in [1.82, 2.24) is 10.3 Å². The van der Waals surface area contributed by atoms with Gasteiger partial charge in [0.05, 0.1) is 23.9 Å². The van der Waals surface area contributed by atoms with Gasteiger partial charge in [-0.15, -0.1) is 0 Å². The van der Waals surface area contributed by atoms with Crippen molar-refractivity contribution in [2.75, 3.05) is 5.32 Å². The van der Waals surface area contributed by atoms with Crippen LogP contribution in [-0.4, -0.2) is 16.8 Å². The van der Waals surface area contributed by atoms with E-state index >= 15 is 0 Å². The number of halogens is 1. The minimum absolute atomic E-state index is 0.255. The second kappa shape index (κ2) is 7.63. The molecule has 6 nitrogen and oxygen atoms in total. The summed E-state index contributed by atoms with van der Waals surface area (Å²) in [6.45, 7) is 0.255. The Morgan fingerprint density at radius 1 is 1.04 bits per heavy atom. The minimum atomic E-state index is -0.379. The smallest absolute Gasteiger partial charge is 0.257 e. The molecule has 0 aliphatic heterocycles. The predicted molar refractivity (Wildman–Crippen MR) is 93.5 cm³/mol. The number of aromatic nitrogens is 1. The number of carbonyl (C=O) groups is 2. The summed E-state index contributed by atoms with van der Waals surface area (Å²) in [5.41, 5.74) is 1.11. The van der Waals surface area contributed by atoms with E-state index in [2.05, 4.69) is 15.6 Å². The van der Waals surface area contributed by atoms with Crippen LogP contribution in [-0.2, 0) is 6.54 Å². The minimum Gasteiger partial charge on any atom is -0.467 e. The Hall–Kier alpha value is -3.12. The Kier molecular flexibility index (Phi) is 5.11. The summed E-state index contributed by atoms with van der Waals surface area (Å²) in [5.74, 6) is -0.0899.